The summed E-state index contributed by atoms with van der Waals surface area (Å²) in [5.41, 5.74) is 0.588. The SMILES string of the molecule is CC[C@H](NC(=O)c1ccc(Cl)cc1)C1[C@H]2CC(Oc3c(F)cccc3F)C[C@H]12. The van der Waals surface area contributed by atoms with Crippen LogP contribution in [0.1, 0.15) is 36.5 Å². The first-order valence-electron chi connectivity index (χ1n) is 9.65. The summed E-state index contributed by atoms with van der Waals surface area (Å²) >= 11 is 5.88. The molecule has 0 aromatic heterocycles. The van der Waals surface area contributed by atoms with Crippen LogP contribution in [0, 0.1) is 29.4 Å². The molecule has 1 N–H and O–H groups in total. The predicted molar refractivity (Wildman–Crippen MR) is 103 cm³/mol. The summed E-state index contributed by atoms with van der Waals surface area (Å²) in [6.45, 7) is 2.06. The summed E-state index contributed by atoms with van der Waals surface area (Å²) in [6, 6.07) is 10.7. The highest BCUT2D eigenvalue weighted by molar-refractivity contribution is 6.30. The summed E-state index contributed by atoms with van der Waals surface area (Å²) in [5, 5.41) is 3.73. The van der Waals surface area contributed by atoms with Gasteiger partial charge in [-0.1, -0.05) is 24.6 Å². The number of rotatable bonds is 6. The zero-order valence-corrected chi connectivity index (χ0v) is 16.3. The topological polar surface area (TPSA) is 38.3 Å². The molecule has 2 aromatic carbocycles. The summed E-state index contributed by atoms with van der Waals surface area (Å²) in [6.07, 6.45) is 2.18. The van der Waals surface area contributed by atoms with Crippen molar-refractivity contribution in [3.8, 4) is 5.75 Å². The Balaban J connectivity index is 1.34. The van der Waals surface area contributed by atoms with Crippen LogP contribution in [0.25, 0.3) is 0 Å². The highest BCUT2D eigenvalue weighted by Gasteiger charge is 2.59. The van der Waals surface area contributed by atoms with Crippen LogP contribution >= 0.6 is 11.6 Å². The lowest BCUT2D eigenvalue weighted by molar-refractivity contribution is 0.0923. The van der Waals surface area contributed by atoms with Gasteiger partial charge in [-0.3, -0.25) is 4.79 Å². The number of fused-ring (bicyclic) bond motifs is 1. The Kier molecular flexibility index (Phi) is 5.28. The minimum Gasteiger partial charge on any atom is -0.484 e. The lowest BCUT2D eigenvalue weighted by Gasteiger charge is -2.22. The Hall–Kier alpha value is -2.14. The van der Waals surface area contributed by atoms with Crippen molar-refractivity contribution in [2.24, 2.45) is 17.8 Å². The van der Waals surface area contributed by atoms with Crippen molar-refractivity contribution in [3.63, 3.8) is 0 Å². The molecule has 3 nitrogen and oxygen atoms in total. The van der Waals surface area contributed by atoms with Crippen LogP contribution in [-0.4, -0.2) is 18.1 Å². The molecule has 0 saturated heterocycles. The van der Waals surface area contributed by atoms with Gasteiger partial charge in [0.15, 0.2) is 17.4 Å². The van der Waals surface area contributed by atoms with Gasteiger partial charge in [-0.2, -0.15) is 0 Å². The number of hydrogen-bond donors (Lipinski definition) is 1. The number of para-hydroxylation sites is 1. The summed E-state index contributed by atoms with van der Waals surface area (Å²) < 4.78 is 33.2. The molecule has 0 unspecified atom stereocenters. The number of ether oxygens (including phenoxy) is 1. The van der Waals surface area contributed by atoms with E-state index in [1.807, 2.05) is 0 Å². The average molecular weight is 406 g/mol. The van der Waals surface area contributed by atoms with Crippen molar-refractivity contribution >= 4 is 17.5 Å². The summed E-state index contributed by atoms with van der Waals surface area (Å²) in [7, 11) is 0. The molecule has 2 fully saturated rings. The van der Waals surface area contributed by atoms with Crippen LogP contribution in [0.15, 0.2) is 42.5 Å². The van der Waals surface area contributed by atoms with Crippen LogP contribution in [-0.2, 0) is 0 Å². The van der Waals surface area contributed by atoms with E-state index in [1.165, 1.54) is 18.2 Å². The number of nitrogens with one attached hydrogen (secondary N) is 1. The third kappa shape index (κ3) is 3.72. The van der Waals surface area contributed by atoms with E-state index in [1.54, 1.807) is 24.3 Å². The molecular weight excluding hydrogens is 384 g/mol. The molecule has 2 aliphatic carbocycles. The molecular formula is C22H22ClF2NO2. The van der Waals surface area contributed by atoms with Crippen molar-refractivity contribution in [2.45, 2.75) is 38.3 Å². The molecule has 28 heavy (non-hydrogen) atoms. The molecule has 2 saturated carbocycles. The van der Waals surface area contributed by atoms with Gasteiger partial charge in [0.25, 0.3) is 5.91 Å². The molecule has 4 rings (SSSR count). The number of carbonyl (C=O) groups is 1. The van der Waals surface area contributed by atoms with E-state index in [4.69, 9.17) is 16.3 Å². The zero-order valence-electron chi connectivity index (χ0n) is 15.5. The van der Waals surface area contributed by atoms with E-state index in [0.29, 0.717) is 28.3 Å². The Bertz CT molecular complexity index is 841. The highest BCUT2D eigenvalue weighted by atomic mass is 35.5. The third-order valence-electron chi connectivity index (χ3n) is 6.00. The quantitative estimate of drug-likeness (QED) is 0.714. The van der Waals surface area contributed by atoms with Gasteiger partial charge in [-0.05, 0) is 73.4 Å². The Morgan fingerprint density at radius 3 is 2.32 bits per heavy atom. The Morgan fingerprint density at radius 2 is 1.75 bits per heavy atom. The van der Waals surface area contributed by atoms with Gasteiger partial charge >= 0.3 is 0 Å². The summed E-state index contributed by atoms with van der Waals surface area (Å²) in [4.78, 5) is 12.5. The van der Waals surface area contributed by atoms with Gasteiger partial charge in [-0.25, -0.2) is 8.78 Å². The second-order valence-corrected chi connectivity index (χ2v) is 8.10. The zero-order chi connectivity index (χ0) is 19.8. The monoisotopic (exact) mass is 405 g/mol. The summed E-state index contributed by atoms with van der Waals surface area (Å²) in [5.74, 6) is -0.474. The number of hydrogen-bond acceptors (Lipinski definition) is 2. The van der Waals surface area contributed by atoms with Crippen molar-refractivity contribution in [3.05, 3.63) is 64.7 Å². The van der Waals surface area contributed by atoms with Crippen molar-refractivity contribution in [1.82, 2.24) is 5.32 Å². The smallest absolute Gasteiger partial charge is 0.251 e. The third-order valence-corrected chi connectivity index (χ3v) is 6.25. The molecule has 3 atom stereocenters. The molecule has 2 aromatic rings. The molecule has 0 heterocycles. The van der Waals surface area contributed by atoms with Crippen LogP contribution < -0.4 is 10.1 Å². The fraction of sp³-hybridized carbons (Fsp3) is 0.409. The van der Waals surface area contributed by atoms with Gasteiger partial charge < -0.3 is 10.1 Å². The van der Waals surface area contributed by atoms with Crippen LogP contribution in [0.2, 0.25) is 5.02 Å². The molecule has 0 bridgehead atoms. The van der Waals surface area contributed by atoms with E-state index < -0.39 is 11.6 Å². The number of carbonyl (C=O) groups excluding carboxylic acids is 1. The molecule has 0 aliphatic heterocycles. The maximum atomic E-state index is 13.8. The average Bonchev–Trinajstić information content (AvgIpc) is 3.16. The molecule has 6 heteroatoms. The lowest BCUT2D eigenvalue weighted by atomic mass is 10.00. The first kappa shape index (κ1) is 19.2. The van der Waals surface area contributed by atoms with E-state index in [-0.39, 0.29) is 23.8 Å². The number of amides is 1. The highest BCUT2D eigenvalue weighted by Crippen LogP contribution is 2.60. The minimum absolute atomic E-state index is 0.0873. The molecule has 148 valence electrons. The van der Waals surface area contributed by atoms with Crippen LogP contribution in [0.5, 0.6) is 5.75 Å². The first-order valence-corrected chi connectivity index (χ1v) is 10.0. The van der Waals surface area contributed by atoms with Gasteiger partial charge in [0.2, 0.25) is 0 Å². The Morgan fingerprint density at radius 1 is 1.14 bits per heavy atom. The van der Waals surface area contributed by atoms with Crippen LogP contribution in [0.3, 0.4) is 0 Å². The van der Waals surface area contributed by atoms with Crippen molar-refractivity contribution < 1.29 is 18.3 Å². The predicted octanol–water partition coefficient (Wildman–Crippen LogP) is 5.23. The van der Waals surface area contributed by atoms with Gasteiger partial charge in [-0.15, -0.1) is 0 Å². The van der Waals surface area contributed by atoms with Crippen molar-refractivity contribution in [2.75, 3.05) is 0 Å². The second-order valence-electron chi connectivity index (χ2n) is 7.66. The maximum absolute atomic E-state index is 13.8. The van der Waals surface area contributed by atoms with Gasteiger partial charge in [0, 0.05) is 16.6 Å². The van der Waals surface area contributed by atoms with E-state index >= 15 is 0 Å². The standard InChI is InChI=1S/C22H22ClF2NO2/c1-2-19(26-22(27)12-6-8-13(23)9-7-12)20-15-10-14(11-16(15)20)28-21-17(24)4-3-5-18(21)25/h3-9,14-16,19-20H,2,10-11H2,1H3,(H,26,27)/t14?,15-,16-,19-,20?/m0/s1. The lowest BCUT2D eigenvalue weighted by Crippen LogP contribution is -2.37. The molecule has 0 radical (unpaired) electrons. The normalized spacial score (nSPS) is 24.5. The fourth-order valence-corrected chi connectivity index (χ4v) is 4.75. The van der Waals surface area contributed by atoms with E-state index in [0.717, 1.165) is 19.3 Å². The number of halogens is 3. The molecule has 1 amide bonds. The molecule has 0 spiro atoms. The van der Waals surface area contributed by atoms with Crippen LogP contribution in [0.4, 0.5) is 8.78 Å². The second kappa shape index (κ2) is 7.70. The van der Waals surface area contributed by atoms with E-state index in [2.05, 4.69) is 12.2 Å². The van der Waals surface area contributed by atoms with Crippen molar-refractivity contribution in [1.29, 1.82) is 0 Å². The Labute approximate surface area is 168 Å². The van der Waals surface area contributed by atoms with E-state index in [9.17, 15) is 13.6 Å². The minimum atomic E-state index is -0.668. The fourth-order valence-electron chi connectivity index (χ4n) is 4.62. The molecule has 2 aliphatic rings. The number of benzene rings is 2. The maximum Gasteiger partial charge on any atom is 0.251 e. The largest absolute Gasteiger partial charge is 0.484 e. The van der Waals surface area contributed by atoms with Gasteiger partial charge in [0.05, 0.1) is 6.10 Å². The van der Waals surface area contributed by atoms with Gasteiger partial charge in [0.1, 0.15) is 0 Å². The first-order chi connectivity index (χ1) is 13.5.